The quantitative estimate of drug-likeness (QED) is 0.339. The molecule has 0 amide bonds. The van der Waals surface area contributed by atoms with E-state index in [4.69, 9.17) is 0 Å². The summed E-state index contributed by atoms with van der Waals surface area (Å²) in [4.78, 5) is 25.3. The first-order chi connectivity index (χ1) is 7.74. The molecule has 3 rings (SSSR count). The Bertz CT molecular complexity index is 756. The average Bonchev–Trinajstić information content (AvgIpc) is 2.28. The summed E-state index contributed by atoms with van der Waals surface area (Å²) in [6.07, 6.45) is 0. The van der Waals surface area contributed by atoms with E-state index in [9.17, 15) is 9.90 Å². The Kier molecular flexibility index (Phi) is 3.55. The number of hydrogen-bond donors (Lipinski definition) is 1. The third-order valence-corrected chi connectivity index (χ3v) is 2.19. The maximum absolute atomic E-state index is 11.1. The van der Waals surface area contributed by atoms with Gasteiger partial charge in [-0.25, -0.2) is 15.0 Å². The van der Waals surface area contributed by atoms with E-state index >= 15 is 0 Å². The second kappa shape index (κ2) is 4.79. The van der Waals surface area contributed by atoms with E-state index in [1.807, 2.05) is 12.1 Å². The van der Waals surface area contributed by atoms with Crippen molar-refractivity contribution in [1.82, 2.24) is 19.9 Å². The molecule has 2 aromatic heterocycles. The number of fused-ring (bicyclic) bond motifs is 2. The van der Waals surface area contributed by atoms with Gasteiger partial charge >= 0.3 is 51.4 Å². The topological polar surface area (TPSA) is 94.6 Å². The van der Waals surface area contributed by atoms with E-state index in [0.29, 0.717) is 11.0 Å². The van der Waals surface area contributed by atoms with Gasteiger partial charge in [0.2, 0.25) is 0 Å². The first-order valence-electron chi connectivity index (χ1n) is 4.58. The van der Waals surface area contributed by atoms with Gasteiger partial charge in [0.25, 0.3) is 5.56 Å². The fourth-order valence-electron chi connectivity index (χ4n) is 1.46. The zero-order valence-electron chi connectivity index (χ0n) is 8.97. The minimum absolute atomic E-state index is 0. The molecule has 0 aliphatic rings. The van der Waals surface area contributed by atoms with Gasteiger partial charge in [-0.3, -0.25) is 4.79 Å². The summed E-state index contributed by atoms with van der Waals surface area (Å²) in [6.45, 7) is 0. The van der Waals surface area contributed by atoms with Crippen LogP contribution in [0.5, 0.6) is 5.88 Å². The van der Waals surface area contributed by atoms with Crippen LogP contribution in [0.1, 0.15) is 0 Å². The van der Waals surface area contributed by atoms with Crippen molar-refractivity contribution in [3.63, 3.8) is 0 Å². The predicted octanol–water partition coefficient (Wildman–Crippen LogP) is -3.06. The molecular weight excluding hydrogens is 247 g/mol. The minimum atomic E-state index is -0.850. The number of benzene rings is 1. The van der Waals surface area contributed by atoms with Gasteiger partial charge < -0.3 is 10.1 Å². The third kappa shape index (κ3) is 2.24. The van der Waals surface area contributed by atoms with Crippen LogP contribution >= 0.6 is 0 Å². The number of nitrogens with zero attached hydrogens (tertiary/aromatic N) is 3. The van der Waals surface area contributed by atoms with Crippen LogP contribution in [0.2, 0.25) is 0 Å². The van der Waals surface area contributed by atoms with Crippen LogP contribution < -0.4 is 62.1 Å². The molecule has 0 aliphatic carbocycles. The zero-order valence-corrected chi connectivity index (χ0v) is 12.1. The molecule has 0 bridgehead atoms. The predicted molar refractivity (Wildman–Crippen MR) is 54.9 cm³/mol. The fourth-order valence-corrected chi connectivity index (χ4v) is 1.46. The van der Waals surface area contributed by atoms with Gasteiger partial charge in [-0.05, 0) is 12.1 Å². The van der Waals surface area contributed by atoms with E-state index in [-0.39, 0.29) is 62.7 Å². The van der Waals surface area contributed by atoms with Crippen LogP contribution in [-0.2, 0) is 0 Å². The number of para-hydroxylation sites is 2. The molecule has 0 radical (unpaired) electrons. The van der Waals surface area contributed by atoms with Crippen LogP contribution in [-0.4, -0.2) is 19.9 Å². The first-order valence-corrected chi connectivity index (χ1v) is 4.58. The summed E-state index contributed by atoms with van der Waals surface area (Å²) in [5.41, 5.74) is 0.878. The molecule has 17 heavy (non-hydrogen) atoms. The average molecular weight is 252 g/mol. The number of aromatic amines is 1. The van der Waals surface area contributed by atoms with Crippen LogP contribution in [0, 0.1) is 0 Å². The van der Waals surface area contributed by atoms with Gasteiger partial charge in [-0.2, -0.15) is 0 Å². The Morgan fingerprint density at radius 3 is 2.41 bits per heavy atom. The van der Waals surface area contributed by atoms with Gasteiger partial charge in [0, 0.05) is 0 Å². The van der Waals surface area contributed by atoms with Crippen LogP contribution in [0.25, 0.3) is 22.3 Å². The summed E-state index contributed by atoms with van der Waals surface area (Å²) < 4.78 is 0. The maximum atomic E-state index is 11.1. The van der Waals surface area contributed by atoms with E-state index in [1.54, 1.807) is 12.1 Å². The Hall–Kier alpha value is -0.864. The molecule has 0 unspecified atom stereocenters. The SMILES string of the molecule is O=c1[nH]c2nc3ccccc3nc2nc1[O-].[K+]. The molecule has 0 spiro atoms. The smallest absolute Gasteiger partial charge is 0.855 e. The van der Waals surface area contributed by atoms with E-state index in [2.05, 4.69) is 19.9 Å². The second-order valence-electron chi connectivity index (χ2n) is 3.26. The zero-order chi connectivity index (χ0) is 11.1. The third-order valence-electron chi connectivity index (χ3n) is 2.19. The monoisotopic (exact) mass is 252 g/mol. The van der Waals surface area contributed by atoms with Crippen molar-refractivity contribution in [2.24, 2.45) is 0 Å². The van der Waals surface area contributed by atoms with Crippen molar-refractivity contribution in [3.8, 4) is 5.88 Å². The molecular formula is C10H5KN4O2. The molecule has 78 valence electrons. The van der Waals surface area contributed by atoms with Gasteiger partial charge in [0.15, 0.2) is 11.3 Å². The van der Waals surface area contributed by atoms with Gasteiger partial charge in [-0.15, -0.1) is 0 Å². The van der Waals surface area contributed by atoms with Gasteiger partial charge in [0.1, 0.15) is 0 Å². The number of rotatable bonds is 0. The van der Waals surface area contributed by atoms with Gasteiger partial charge in [-0.1, -0.05) is 12.1 Å². The Morgan fingerprint density at radius 1 is 1.06 bits per heavy atom. The van der Waals surface area contributed by atoms with Crippen molar-refractivity contribution in [1.29, 1.82) is 0 Å². The van der Waals surface area contributed by atoms with E-state index in [0.717, 1.165) is 0 Å². The number of aromatic nitrogens is 4. The van der Waals surface area contributed by atoms with Crippen LogP contribution in [0.3, 0.4) is 0 Å². The molecule has 0 saturated heterocycles. The number of nitrogens with one attached hydrogen (secondary N) is 1. The molecule has 3 aromatic rings. The summed E-state index contributed by atoms with van der Waals surface area (Å²) >= 11 is 0. The number of H-pyrrole nitrogens is 1. The molecule has 7 heteroatoms. The molecule has 0 saturated carbocycles. The van der Waals surface area contributed by atoms with Crippen molar-refractivity contribution in [2.75, 3.05) is 0 Å². The standard InChI is InChI=1S/C10H6N4O2.K/c15-9-10(16)14-8-7(13-9)11-5-3-1-2-4-6(5)12-8;/h1-4H,(H,11,13,15)(H,12,14,16);/q;+1/p-1. The van der Waals surface area contributed by atoms with Crippen molar-refractivity contribution in [2.45, 2.75) is 0 Å². The van der Waals surface area contributed by atoms with E-state index in [1.165, 1.54) is 0 Å². The van der Waals surface area contributed by atoms with Crippen molar-refractivity contribution >= 4 is 22.3 Å². The van der Waals surface area contributed by atoms with Crippen LogP contribution in [0.15, 0.2) is 29.1 Å². The summed E-state index contributed by atoms with van der Waals surface area (Å²) in [5, 5.41) is 11.0. The molecule has 2 heterocycles. The molecule has 0 aliphatic heterocycles. The second-order valence-corrected chi connectivity index (χ2v) is 3.26. The normalized spacial score (nSPS) is 10.4. The Labute approximate surface area is 138 Å². The van der Waals surface area contributed by atoms with Gasteiger partial charge in [0.05, 0.1) is 16.9 Å². The largest absolute Gasteiger partial charge is 1.00 e. The fraction of sp³-hybridized carbons (Fsp3) is 0. The maximum Gasteiger partial charge on any atom is 1.00 e. The minimum Gasteiger partial charge on any atom is -0.855 e. The summed E-state index contributed by atoms with van der Waals surface area (Å²) in [7, 11) is 0. The van der Waals surface area contributed by atoms with Crippen molar-refractivity contribution < 1.29 is 56.5 Å². The molecule has 1 aromatic carbocycles. The Morgan fingerprint density at radius 2 is 1.71 bits per heavy atom. The molecule has 0 atom stereocenters. The molecule has 6 nitrogen and oxygen atoms in total. The molecule has 1 N–H and O–H groups in total. The molecule has 0 fully saturated rings. The number of hydrogen-bond acceptors (Lipinski definition) is 5. The van der Waals surface area contributed by atoms with Crippen molar-refractivity contribution in [3.05, 3.63) is 34.6 Å². The first kappa shape index (κ1) is 12.6. The summed E-state index contributed by atoms with van der Waals surface area (Å²) in [6, 6.07) is 7.16. The summed E-state index contributed by atoms with van der Waals surface area (Å²) in [5.74, 6) is -0.850. The van der Waals surface area contributed by atoms with E-state index < -0.39 is 11.4 Å². The van der Waals surface area contributed by atoms with Crippen LogP contribution in [0.4, 0.5) is 0 Å². The Balaban J connectivity index is 0.00000108.